The van der Waals surface area contributed by atoms with Gasteiger partial charge in [0.25, 0.3) is 0 Å². The third-order valence-corrected chi connectivity index (χ3v) is 3.87. The topological polar surface area (TPSA) is 24.9 Å². The molecular weight excluding hydrogens is 296 g/mol. The summed E-state index contributed by atoms with van der Waals surface area (Å²) in [7, 11) is 0. The minimum Gasteiger partial charge on any atom is -0.316 e. The Bertz CT molecular complexity index is 314. The van der Waals surface area contributed by atoms with Crippen molar-refractivity contribution < 1.29 is 0 Å². The van der Waals surface area contributed by atoms with Gasteiger partial charge in [0.15, 0.2) is 0 Å². The van der Waals surface area contributed by atoms with Gasteiger partial charge in [-0.15, -0.1) is 11.8 Å². The summed E-state index contributed by atoms with van der Waals surface area (Å²) in [6, 6.07) is 4.09. The van der Waals surface area contributed by atoms with E-state index in [1.807, 2.05) is 24.0 Å². The molecule has 0 aliphatic heterocycles. The van der Waals surface area contributed by atoms with Crippen molar-refractivity contribution >= 4 is 27.7 Å². The first kappa shape index (κ1) is 15.0. The maximum absolute atomic E-state index is 4.36. The predicted octanol–water partition coefficient (Wildman–Crippen LogP) is 3.96. The van der Waals surface area contributed by atoms with Crippen molar-refractivity contribution in [1.29, 1.82) is 0 Å². The van der Waals surface area contributed by atoms with E-state index in [2.05, 4.69) is 53.1 Å². The molecule has 17 heavy (non-hydrogen) atoms. The smallest absolute Gasteiger partial charge is 0.0963 e. The fourth-order valence-corrected chi connectivity index (χ4v) is 2.48. The Morgan fingerprint density at radius 3 is 2.71 bits per heavy atom. The Morgan fingerprint density at radius 1 is 1.35 bits per heavy atom. The molecule has 0 aliphatic rings. The van der Waals surface area contributed by atoms with Crippen LogP contribution in [0.1, 0.15) is 27.2 Å². The van der Waals surface area contributed by atoms with Gasteiger partial charge in [0.1, 0.15) is 0 Å². The van der Waals surface area contributed by atoms with E-state index in [0.717, 1.165) is 28.5 Å². The predicted molar refractivity (Wildman–Crippen MR) is 79.6 cm³/mol. The molecule has 1 heterocycles. The van der Waals surface area contributed by atoms with Crippen LogP contribution in [0.25, 0.3) is 0 Å². The van der Waals surface area contributed by atoms with E-state index in [1.165, 1.54) is 6.42 Å². The van der Waals surface area contributed by atoms with Crippen LogP contribution in [0.4, 0.5) is 0 Å². The lowest BCUT2D eigenvalue weighted by Crippen LogP contribution is -2.24. The van der Waals surface area contributed by atoms with Gasteiger partial charge in [0.2, 0.25) is 0 Å². The van der Waals surface area contributed by atoms with Crippen LogP contribution in [0.2, 0.25) is 0 Å². The molecule has 0 radical (unpaired) electrons. The van der Waals surface area contributed by atoms with Crippen LogP contribution < -0.4 is 5.32 Å². The fourth-order valence-electron chi connectivity index (χ4n) is 1.38. The molecule has 0 aromatic carbocycles. The summed E-state index contributed by atoms with van der Waals surface area (Å²) < 4.78 is 1.03. The van der Waals surface area contributed by atoms with E-state index in [0.29, 0.717) is 5.25 Å². The summed E-state index contributed by atoms with van der Waals surface area (Å²) in [4.78, 5) is 4.36. The Balaban J connectivity index is 2.20. The molecule has 1 atom stereocenters. The van der Waals surface area contributed by atoms with Gasteiger partial charge in [-0.3, -0.25) is 0 Å². The maximum atomic E-state index is 4.36. The summed E-state index contributed by atoms with van der Waals surface area (Å²) in [6.45, 7) is 8.89. The van der Waals surface area contributed by atoms with Gasteiger partial charge in [0.05, 0.1) is 5.03 Å². The van der Waals surface area contributed by atoms with Crippen LogP contribution >= 0.6 is 27.7 Å². The summed E-state index contributed by atoms with van der Waals surface area (Å²) >= 11 is 5.21. The standard InChI is InChI=1S/C13H21BrN2S/c1-10(2)6-7-15-8-11(3)17-13-5-4-12(14)9-16-13/h4-5,9-11,15H,6-8H2,1-3H3. The van der Waals surface area contributed by atoms with Gasteiger partial charge in [-0.1, -0.05) is 20.8 Å². The molecule has 96 valence electrons. The van der Waals surface area contributed by atoms with Crippen molar-refractivity contribution in [1.82, 2.24) is 10.3 Å². The van der Waals surface area contributed by atoms with Crippen LogP contribution in [0.5, 0.6) is 0 Å². The summed E-state index contributed by atoms with van der Waals surface area (Å²) in [5, 5.41) is 5.13. The largest absolute Gasteiger partial charge is 0.316 e. The lowest BCUT2D eigenvalue weighted by Gasteiger charge is -2.12. The highest BCUT2D eigenvalue weighted by molar-refractivity contribution is 9.10. The molecule has 1 N–H and O–H groups in total. The van der Waals surface area contributed by atoms with Gasteiger partial charge < -0.3 is 5.32 Å². The lowest BCUT2D eigenvalue weighted by molar-refractivity contribution is 0.539. The second-order valence-corrected chi connectivity index (χ2v) is 7.00. The molecule has 0 aliphatic carbocycles. The third-order valence-electron chi connectivity index (χ3n) is 2.35. The van der Waals surface area contributed by atoms with E-state index in [9.17, 15) is 0 Å². The number of nitrogens with one attached hydrogen (secondary N) is 1. The zero-order valence-corrected chi connectivity index (χ0v) is 13.1. The van der Waals surface area contributed by atoms with E-state index >= 15 is 0 Å². The molecule has 0 amide bonds. The molecule has 1 aromatic rings. The van der Waals surface area contributed by atoms with Gasteiger partial charge in [-0.05, 0) is 46.9 Å². The number of rotatable bonds is 7. The van der Waals surface area contributed by atoms with Crippen LogP contribution in [0, 0.1) is 5.92 Å². The number of halogens is 1. The average Bonchev–Trinajstić information content (AvgIpc) is 2.27. The monoisotopic (exact) mass is 316 g/mol. The molecule has 0 saturated heterocycles. The molecule has 1 rings (SSSR count). The van der Waals surface area contributed by atoms with Crippen LogP contribution in [0.3, 0.4) is 0 Å². The lowest BCUT2D eigenvalue weighted by atomic mass is 10.1. The minimum absolute atomic E-state index is 0.552. The molecule has 0 bridgehead atoms. The van der Waals surface area contributed by atoms with Gasteiger partial charge in [-0.2, -0.15) is 0 Å². The quantitative estimate of drug-likeness (QED) is 0.609. The summed E-state index contributed by atoms with van der Waals surface area (Å²) in [5.74, 6) is 0.776. The SMILES string of the molecule is CC(C)CCNCC(C)Sc1ccc(Br)cn1. The van der Waals surface area contributed by atoms with E-state index < -0.39 is 0 Å². The second kappa shape index (κ2) is 8.11. The molecule has 0 saturated carbocycles. The van der Waals surface area contributed by atoms with E-state index in [4.69, 9.17) is 0 Å². The zero-order chi connectivity index (χ0) is 12.7. The Kier molecular flexibility index (Phi) is 7.16. The number of nitrogens with zero attached hydrogens (tertiary/aromatic N) is 1. The van der Waals surface area contributed by atoms with Crippen molar-refractivity contribution in [3.8, 4) is 0 Å². The van der Waals surface area contributed by atoms with Gasteiger partial charge in [0, 0.05) is 22.5 Å². The molecule has 1 unspecified atom stereocenters. The van der Waals surface area contributed by atoms with Crippen molar-refractivity contribution in [3.05, 3.63) is 22.8 Å². The number of hydrogen-bond acceptors (Lipinski definition) is 3. The van der Waals surface area contributed by atoms with Crippen LogP contribution in [0.15, 0.2) is 27.8 Å². The molecule has 2 nitrogen and oxygen atoms in total. The molecular formula is C13H21BrN2S. The summed E-state index contributed by atoms with van der Waals surface area (Å²) in [5.41, 5.74) is 0. The number of hydrogen-bond donors (Lipinski definition) is 1. The minimum atomic E-state index is 0.552. The Labute approximate surface area is 117 Å². The highest BCUT2D eigenvalue weighted by atomic mass is 79.9. The van der Waals surface area contributed by atoms with Crippen LogP contribution in [-0.2, 0) is 0 Å². The van der Waals surface area contributed by atoms with Gasteiger partial charge in [-0.25, -0.2) is 4.98 Å². The highest BCUT2D eigenvalue weighted by Crippen LogP contribution is 2.21. The van der Waals surface area contributed by atoms with Crippen molar-refractivity contribution in [3.63, 3.8) is 0 Å². The zero-order valence-electron chi connectivity index (χ0n) is 10.7. The Hall–Kier alpha value is -0.0600. The van der Waals surface area contributed by atoms with E-state index in [1.54, 1.807) is 0 Å². The normalized spacial score (nSPS) is 13.0. The van der Waals surface area contributed by atoms with Gasteiger partial charge >= 0.3 is 0 Å². The first-order valence-corrected chi connectivity index (χ1v) is 7.74. The maximum Gasteiger partial charge on any atom is 0.0963 e. The Morgan fingerprint density at radius 2 is 2.12 bits per heavy atom. The van der Waals surface area contributed by atoms with E-state index in [-0.39, 0.29) is 0 Å². The average molecular weight is 317 g/mol. The highest BCUT2D eigenvalue weighted by Gasteiger charge is 2.05. The van der Waals surface area contributed by atoms with Crippen molar-refractivity contribution in [2.45, 2.75) is 37.5 Å². The van der Waals surface area contributed by atoms with Crippen LogP contribution in [-0.4, -0.2) is 23.3 Å². The molecule has 1 aromatic heterocycles. The number of aromatic nitrogens is 1. The molecule has 4 heteroatoms. The first-order valence-electron chi connectivity index (χ1n) is 6.07. The first-order chi connectivity index (χ1) is 8.08. The fraction of sp³-hybridized carbons (Fsp3) is 0.615. The summed E-state index contributed by atoms with van der Waals surface area (Å²) in [6.07, 6.45) is 3.09. The number of thioether (sulfide) groups is 1. The second-order valence-electron chi connectivity index (χ2n) is 4.63. The van der Waals surface area contributed by atoms with Crippen molar-refractivity contribution in [2.75, 3.05) is 13.1 Å². The molecule has 0 fully saturated rings. The van der Waals surface area contributed by atoms with Crippen molar-refractivity contribution in [2.24, 2.45) is 5.92 Å². The third kappa shape index (κ3) is 7.06. The number of pyridine rings is 1. The molecule has 0 spiro atoms.